The smallest absolute Gasteiger partial charge is 0.257 e. The highest BCUT2D eigenvalue weighted by atomic mass is 35.5. The number of rotatable bonds is 8. The minimum Gasteiger partial charge on any atom is -0.481 e. The summed E-state index contributed by atoms with van der Waals surface area (Å²) in [7, 11) is 0. The maximum atomic E-state index is 11.7. The van der Waals surface area contributed by atoms with Gasteiger partial charge < -0.3 is 10.1 Å². The maximum absolute atomic E-state index is 11.7. The van der Waals surface area contributed by atoms with E-state index in [0.29, 0.717) is 22.3 Å². The predicted octanol–water partition coefficient (Wildman–Crippen LogP) is 4.48. The molecule has 1 N–H and O–H groups in total. The summed E-state index contributed by atoms with van der Waals surface area (Å²) in [5.41, 5.74) is 0. The minimum atomic E-state index is -0.187. The van der Waals surface area contributed by atoms with E-state index in [1.54, 1.807) is 41.3 Å². The number of thioether (sulfide) groups is 1. The molecule has 1 amide bonds. The Kier molecular flexibility index (Phi) is 7.39. The molecule has 1 aromatic carbocycles. The molecule has 1 heterocycles. The third kappa shape index (κ3) is 5.72. The van der Waals surface area contributed by atoms with Gasteiger partial charge in [-0.1, -0.05) is 35.3 Å². The Morgan fingerprint density at radius 1 is 1.23 bits per heavy atom. The van der Waals surface area contributed by atoms with Gasteiger partial charge in [-0.15, -0.1) is 11.3 Å². The largest absolute Gasteiger partial charge is 0.481 e. The average Bonchev–Trinajstić information content (AvgIpc) is 2.99. The number of amides is 1. The zero-order chi connectivity index (χ0) is 15.8. The molecule has 7 heteroatoms. The second-order valence-electron chi connectivity index (χ2n) is 4.32. The molecule has 2 rings (SSSR count). The van der Waals surface area contributed by atoms with Crippen molar-refractivity contribution >= 4 is 52.2 Å². The van der Waals surface area contributed by atoms with E-state index in [1.165, 1.54) is 4.88 Å². The molecule has 0 fully saturated rings. The van der Waals surface area contributed by atoms with Gasteiger partial charge in [0.15, 0.2) is 12.4 Å². The van der Waals surface area contributed by atoms with Crippen molar-refractivity contribution < 1.29 is 9.53 Å². The number of nitrogens with one attached hydrogen (secondary N) is 1. The van der Waals surface area contributed by atoms with E-state index in [4.69, 9.17) is 27.9 Å². The quantitative estimate of drug-likeness (QED) is 0.691. The molecule has 0 aliphatic carbocycles. The second kappa shape index (κ2) is 9.30. The first-order chi connectivity index (χ1) is 10.7. The first-order valence-electron chi connectivity index (χ1n) is 6.60. The molecule has 0 spiro atoms. The highest BCUT2D eigenvalue weighted by Crippen LogP contribution is 2.32. The van der Waals surface area contributed by atoms with E-state index in [1.807, 2.05) is 6.07 Å². The number of hydrogen-bond donors (Lipinski definition) is 1. The van der Waals surface area contributed by atoms with Crippen LogP contribution in [-0.4, -0.2) is 24.8 Å². The zero-order valence-electron chi connectivity index (χ0n) is 11.7. The molecule has 2 aromatic rings. The first kappa shape index (κ1) is 17.5. The van der Waals surface area contributed by atoms with Gasteiger partial charge in [-0.05, 0) is 23.6 Å². The number of hydrogen-bond acceptors (Lipinski definition) is 4. The Labute approximate surface area is 148 Å². The molecule has 0 unspecified atom stereocenters. The van der Waals surface area contributed by atoms with Crippen LogP contribution in [-0.2, 0) is 10.5 Å². The number of carbonyl (C=O) groups is 1. The van der Waals surface area contributed by atoms with Crippen molar-refractivity contribution in [2.24, 2.45) is 0 Å². The van der Waals surface area contributed by atoms with Crippen LogP contribution in [0.5, 0.6) is 5.75 Å². The topological polar surface area (TPSA) is 38.3 Å². The molecule has 3 nitrogen and oxygen atoms in total. The van der Waals surface area contributed by atoms with Crippen molar-refractivity contribution in [2.45, 2.75) is 5.75 Å². The molecule has 22 heavy (non-hydrogen) atoms. The van der Waals surface area contributed by atoms with Gasteiger partial charge in [-0.2, -0.15) is 11.8 Å². The molecule has 1 aromatic heterocycles. The van der Waals surface area contributed by atoms with Crippen molar-refractivity contribution in [1.29, 1.82) is 0 Å². The zero-order valence-corrected chi connectivity index (χ0v) is 14.8. The van der Waals surface area contributed by atoms with Crippen LogP contribution in [0, 0.1) is 0 Å². The van der Waals surface area contributed by atoms with Crippen molar-refractivity contribution in [3.05, 3.63) is 50.6 Å². The van der Waals surface area contributed by atoms with Gasteiger partial charge in [0.05, 0.1) is 10.0 Å². The van der Waals surface area contributed by atoms with Crippen molar-refractivity contribution in [1.82, 2.24) is 5.32 Å². The van der Waals surface area contributed by atoms with Gasteiger partial charge >= 0.3 is 0 Å². The van der Waals surface area contributed by atoms with E-state index in [2.05, 4.69) is 16.8 Å². The number of ether oxygens (including phenoxy) is 1. The Balaban J connectivity index is 1.62. The third-order valence-corrected chi connectivity index (χ3v) is 5.32. The second-order valence-corrected chi connectivity index (χ2v) is 7.27. The van der Waals surface area contributed by atoms with E-state index in [-0.39, 0.29) is 12.5 Å². The summed E-state index contributed by atoms with van der Waals surface area (Å²) < 4.78 is 5.36. The standard InChI is InChI=1S/C15H15Cl2NO2S2/c16-12-4-1-5-13(17)15(12)20-9-14(19)18-6-8-21-10-11-3-2-7-22-11/h1-5,7H,6,8-10H2,(H,18,19). The number of halogens is 2. The van der Waals surface area contributed by atoms with Gasteiger partial charge in [0.1, 0.15) is 0 Å². The lowest BCUT2D eigenvalue weighted by Crippen LogP contribution is -2.30. The van der Waals surface area contributed by atoms with Crippen LogP contribution in [0.3, 0.4) is 0 Å². The molecule has 0 atom stereocenters. The van der Waals surface area contributed by atoms with Crippen molar-refractivity contribution in [2.75, 3.05) is 18.9 Å². The van der Waals surface area contributed by atoms with Crippen LogP contribution in [0.15, 0.2) is 35.7 Å². The van der Waals surface area contributed by atoms with Crippen LogP contribution in [0.2, 0.25) is 10.0 Å². The maximum Gasteiger partial charge on any atom is 0.257 e. The van der Waals surface area contributed by atoms with Crippen molar-refractivity contribution in [3.8, 4) is 5.75 Å². The van der Waals surface area contributed by atoms with Crippen LogP contribution in [0.1, 0.15) is 4.88 Å². The Morgan fingerprint density at radius 3 is 2.68 bits per heavy atom. The molecular weight excluding hydrogens is 361 g/mol. The lowest BCUT2D eigenvalue weighted by molar-refractivity contribution is -0.122. The summed E-state index contributed by atoms with van der Waals surface area (Å²) >= 11 is 15.5. The fourth-order valence-electron chi connectivity index (χ4n) is 1.64. The molecule has 0 radical (unpaired) electrons. The van der Waals surface area contributed by atoms with Gasteiger partial charge in [0.25, 0.3) is 5.91 Å². The number of carbonyl (C=O) groups excluding carboxylic acids is 1. The lowest BCUT2D eigenvalue weighted by atomic mass is 10.3. The van der Waals surface area contributed by atoms with E-state index >= 15 is 0 Å². The molecule has 0 bridgehead atoms. The number of thiophene rings is 1. The van der Waals surface area contributed by atoms with Gasteiger partial charge in [-0.3, -0.25) is 4.79 Å². The first-order valence-corrected chi connectivity index (χ1v) is 9.39. The summed E-state index contributed by atoms with van der Waals surface area (Å²) in [6.45, 7) is 0.507. The van der Waals surface area contributed by atoms with Crippen LogP contribution in [0.25, 0.3) is 0 Å². The number of para-hydroxylation sites is 1. The normalized spacial score (nSPS) is 10.5. The lowest BCUT2D eigenvalue weighted by Gasteiger charge is -2.10. The molecule has 118 valence electrons. The molecule has 0 saturated carbocycles. The van der Waals surface area contributed by atoms with E-state index in [9.17, 15) is 4.79 Å². The summed E-state index contributed by atoms with van der Waals surface area (Å²) in [6, 6.07) is 9.21. The van der Waals surface area contributed by atoms with Crippen LogP contribution in [0.4, 0.5) is 0 Å². The highest BCUT2D eigenvalue weighted by molar-refractivity contribution is 7.98. The van der Waals surface area contributed by atoms with Crippen molar-refractivity contribution in [3.63, 3.8) is 0 Å². The Bertz CT molecular complexity index is 585. The highest BCUT2D eigenvalue weighted by Gasteiger charge is 2.09. The minimum absolute atomic E-state index is 0.0982. The van der Waals surface area contributed by atoms with E-state index < -0.39 is 0 Å². The molecule has 0 saturated heterocycles. The average molecular weight is 376 g/mol. The molecule has 0 aliphatic heterocycles. The SMILES string of the molecule is O=C(COc1c(Cl)cccc1Cl)NCCSCc1cccs1. The predicted molar refractivity (Wildman–Crippen MR) is 95.4 cm³/mol. The monoisotopic (exact) mass is 375 g/mol. The third-order valence-electron chi connectivity index (χ3n) is 2.66. The Morgan fingerprint density at radius 2 is 2.00 bits per heavy atom. The van der Waals surface area contributed by atoms with Crippen LogP contribution < -0.4 is 10.1 Å². The summed E-state index contributed by atoms with van der Waals surface area (Å²) in [6.07, 6.45) is 0. The Hall–Kier alpha value is -0.880. The number of benzene rings is 1. The van der Waals surface area contributed by atoms with Gasteiger partial charge in [0, 0.05) is 22.9 Å². The van der Waals surface area contributed by atoms with E-state index in [0.717, 1.165) is 11.5 Å². The molecule has 0 aliphatic rings. The van der Waals surface area contributed by atoms with Crippen LogP contribution >= 0.6 is 46.3 Å². The fourth-order valence-corrected chi connectivity index (χ4v) is 3.85. The van der Waals surface area contributed by atoms with Gasteiger partial charge in [-0.25, -0.2) is 0 Å². The summed E-state index contributed by atoms with van der Waals surface area (Å²) in [5, 5.41) is 5.66. The van der Waals surface area contributed by atoms with Gasteiger partial charge in [0.2, 0.25) is 0 Å². The molecular formula is C15H15Cl2NO2S2. The summed E-state index contributed by atoms with van der Waals surface area (Å²) in [4.78, 5) is 13.0. The summed E-state index contributed by atoms with van der Waals surface area (Å²) in [5.74, 6) is 1.98. The fraction of sp³-hybridized carbons (Fsp3) is 0.267.